The number of imide groups is 1. The number of hydrogen-bond acceptors (Lipinski definition) is 5. The molecule has 23 heavy (non-hydrogen) atoms. The predicted molar refractivity (Wildman–Crippen MR) is 83.2 cm³/mol. The van der Waals surface area contributed by atoms with Crippen LogP contribution >= 0.6 is 0 Å². The minimum absolute atomic E-state index is 0.0302. The van der Waals surface area contributed by atoms with Crippen molar-refractivity contribution < 1.29 is 22.8 Å². The summed E-state index contributed by atoms with van der Waals surface area (Å²) in [6.07, 6.45) is 2.91. The molecule has 0 saturated carbocycles. The van der Waals surface area contributed by atoms with Crippen LogP contribution in [0.1, 0.15) is 20.3 Å². The van der Waals surface area contributed by atoms with Gasteiger partial charge in [0.25, 0.3) is 22.0 Å². The summed E-state index contributed by atoms with van der Waals surface area (Å²) in [5.41, 5.74) is 0. The lowest BCUT2D eigenvalue weighted by atomic mass is 9.99. The summed E-state index contributed by atoms with van der Waals surface area (Å²) < 4.78 is 27.6. The van der Waals surface area contributed by atoms with Gasteiger partial charge in [-0.2, -0.15) is 13.1 Å². The van der Waals surface area contributed by atoms with Crippen LogP contribution < -0.4 is 14.8 Å². The second kappa shape index (κ2) is 8.18. The summed E-state index contributed by atoms with van der Waals surface area (Å²) in [5.74, 6) is -1.60. The molecule has 1 rings (SSSR count). The zero-order chi connectivity index (χ0) is 17.6. The third kappa shape index (κ3) is 5.41. The average molecular weight is 346 g/mol. The van der Waals surface area contributed by atoms with E-state index in [1.54, 1.807) is 6.92 Å². The van der Waals surface area contributed by atoms with E-state index in [1.807, 2.05) is 6.92 Å². The van der Waals surface area contributed by atoms with Crippen LogP contribution in [0.5, 0.6) is 0 Å². The highest BCUT2D eigenvalue weighted by Crippen LogP contribution is 2.09. The van der Waals surface area contributed by atoms with Crippen molar-refractivity contribution in [2.75, 3.05) is 20.1 Å². The van der Waals surface area contributed by atoms with Gasteiger partial charge in [-0.1, -0.05) is 20.3 Å². The Morgan fingerprint density at radius 3 is 2.30 bits per heavy atom. The molecule has 0 aromatic carbocycles. The van der Waals surface area contributed by atoms with Gasteiger partial charge in [-0.3, -0.25) is 19.3 Å². The van der Waals surface area contributed by atoms with Crippen molar-refractivity contribution in [1.82, 2.24) is 19.7 Å². The molecule has 3 N–H and O–H groups in total. The second-order valence-corrected chi connectivity index (χ2v) is 6.79. The number of carbonyl (C=O) groups is 3. The van der Waals surface area contributed by atoms with E-state index in [1.165, 1.54) is 7.05 Å². The summed E-state index contributed by atoms with van der Waals surface area (Å²) in [6, 6.07) is -0.944. The highest BCUT2D eigenvalue weighted by atomic mass is 32.2. The standard InChI is InChI=1S/C13H22N4O5S/c1-4-9(2)12(16-23(21,22)14-3)13(20)15-7-8-17-10(18)5-6-11(17)19/h5-6,9,12,14,16H,4,7-8H2,1-3H3,(H,15,20)/t9-,12-/m0/s1. The van der Waals surface area contributed by atoms with Gasteiger partial charge in [-0.05, 0) is 5.92 Å². The van der Waals surface area contributed by atoms with Crippen LogP contribution in [0, 0.1) is 5.92 Å². The Labute approximate surface area is 135 Å². The Balaban J connectivity index is 2.60. The SMILES string of the molecule is CC[C@H](C)[C@H](NS(=O)(=O)NC)C(=O)NCCN1C(=O)C=CC1=O. The molecule has 0 fully saturated rings. The van der Waals surface area contributed by atoms with E-state index in [-0.39, 0.29) is 19.0 Å². The van der Waals surface area contributed by atoms with E-state index in [2.05, 4.69) is 14.8 Å². The maximum Gasteiger partial charge on any atom is 0.277 e. The Morgan fingerprint density at radius 1 is 1.26 bits per heavy atom. The van der Waals surface area contributed by atoms with Gasteiger partial charge in [0, 0.05) is 32.3 Å². The Bertz CT molecular complexity index is 583. The van der Waals surface area contributed by atoms with Crippen LogP contribution in [-0.4, -0.2) is 57.2 Å². The van der Waals surface area contributed by atoms with Crippen LogP contribution in [0.15, 0.2) is 12.2 Å². The normalized spacial score (nSPS) is 17.4. The Kier molecular flexibility index (Phi) is 6.85. The molecule has 130 valence electrons. The molecule has 1 aliphatic rings. The largest absolute Gasteiger partial charge is 0.353 e. The number of rotatable bonds is 9. The monoisotopic (exact) mass is 346 g/mol. The van der Waals surface area contributed by atoms with Gasteiger partial charge >= 0.3 is 0 Å². The van der Waals surface area contributed by atoms with Gasteiger partial charge in [0.15, 0.2) is 0 Å². The second-order valence-electron chi connectivity index (χ2n) is 5.14. The topological polar surface area (TPSA) is 125 Å². The van der Waals surface area contributed by atoms with Crippen molar-refractivity contribution in [1.29, 1.82) is 0 Å². The molecule has 1 heterocycles. The molecule has 10 heteroatoms. The first-order valence-corrected chi connectivity index (χ1v) is 8.72. The molecule has 0 spiro atoms. The minimum atomic E-state index is -3.77. The first-order valence-electron chi connectivity index (χ1n) is 7.24. The van der Waals surface area contributed by atoms with E-state index in [0.717, 1.165) is 17.1 Å². The molecule has 2 atom stereocenters. The molecule has 9 nitrogen and oxygen atoms in total. The highest BCUT2D eigenvalue weighted by molar-refractivity contribution is 7.87. The fourth-order valence-electron chi connectivity index (χ4n) is 1.94. The maximum absolute atomic E-state index is 12.2. The number of carbonyl (C=O) groups excluding carboxylic acids is 3. The molecule has 1 aliphatic heterocycles. The van der Waals surface area contributed by atoms with Crippen molar-refractivity contribution in [2.45, 2.75) is 26.3 Å². The molecule has 0 radical (unpaired) electrons. The van der Waals surface area contributed by atoms with Gasteiger partial charge in [-0.15, -0.1) is 0 Å². The molecule has 0 saturated heterocycles. The van der Waals surface area contributed by atoms with Crippen molar-refractivity contribution in [3.05, 3.63) is 12.2 Å². The third-order valence-corrected chi connectivity index (χ3v) is 4.68. The summed E-state index contributed by atoms with van der Waals surface area (Å²) >= 11 is 0. The van der Waals surface area contributed by atoms with Crippen LogP contribution in [0.25, 0.3) is 0 Å². The zero-order valence-electron chi connectivity index (χ0n) is 13.3. The van der Waals surface area contributed by atoms with Gasteiger partial charge < -0.3 is 5.32 Å². The van der Waals surface area contributed by atoms with E-state index in [9.17, 15) is 22.8 Å². The molecule has 0 aromatic rings. The summed E-state index contributed by atoms with van der Waals surface area (Å²) in [7, 11) is -2.52. The summed E-state index contributed by atoms with van der Waals surface area (Å²) in [5, 5.41) is 2.55. The molecular formula is C13H22N4O5S. The summed E-state index contributed by atoms with van der Waals surface area (Å²) in [6.45, 7) is 3.67. The Hall–Kier alpha value is -1.78. The van der Waals surface area contributed by atoms with E-state index < -0.39 is 34.0 Å². The molecule has 0 unspecified atom stereocenters. The molecular weight excluding hydrogens is 324 g/mol. The molecule has 0 aliphatic carbocycles. The lowest BCUT2D eigenvalue weighted by Gasteiger charge is -2.23. The molecule has 0 aromatic heterocycles. The Morgan fingerprint density at radius 2 is 1.83 bits per heavy atom. The van der Waals surface area contributed by atoms with E-state index in [4.69, 9.17) is 0 Å². The van der Waals surface area contributed by atoms with Crippen molar-refractivity contribution in [2.24, 2.45) is 5.92 Å². The quantitative estimate of drug-likeness (QED) is 0.438. The summed E-state index contributed by atoms with van der Waals surface area (Å²) in [4.78, 5) is 36.0. The van der Waals surface area contributed by atoms with Crippen LogP contribution in [-0.2, 0) is 24.6 Å². The van der Waals surface area contributed by atoms with Gasteiger partial charge in [0.2, 0.25) is 5.91 Å². The first kappa shape index (κ1) is 19.3. The van der Waals surface area contributed by atoms with Crippen LogP contribution in [0.3, 0.4) is 0 Å². The van der Waals surface area contributed by atoms with Crippen molar-refractivity contribution >= 4 is 27.9 Å². The number of hydrogen-bond donors (Lipinski definition) is 3. The lowest BCUT2D eigenvalue weighted by molar-refractivity contribution is -0.137. The number of nitrogens with one attached hydrogen (secondary N) is 3. The zero-order valence-corrected chi connectivity index (χ0v) is 14.1. The van der Waals surface area contributed by atoms with Crippen LogP contribution in [0.2, 0.25) is 0 Å². The smallest absolute Gasteiger partial charge is 0.277 e. The fraction of sp³-hybridized carbons (Fsp3) is 0.615. The van der Waals surface area contributed by atoms with Gasteiger partial charge in [0.1, 0.15) is 6.04 Å². The van der Waals surface area contributed by atoms with Gasteiger partial charge in [-0.25, -0.2) is 4.72 Å². The van der Waals surface area contributed by atoms with Crippen LogP contribution in [0.4, 0.5) is 0 Å². The first-order chi connectivity index (χ1) is 10.7. The predicted octanol–water partition coefficient (Wildman–Crippen LogP) is -1.50. The van der Waals surface area contributed by atoms with Crippen molar-refractivity contribution in [3.63, 3.8) is 0 Å². The van der Waals surface area contributed by atoms with Crippen molar-refractivity contribution in [3.8, 4) is 0 Å². The maximum atomic E-state index is 12.2. The molecule has 0 bridgehead atoms. The van der Waals surface area contributed by atoms with Gasteiger partial charge in [0.05, 0.1) is 0 Å². The molecule has 3 amide bonds. The van der Waals surface area contributed by atoms with E-state index in [0.29, 0.717) is 6.42 Å². The number of nitrogens with zero attached hydrogens (tertiary/aromatic N) is 1. The third-order valence-electron chi connectivity index (χ3n) is 3.58. The minimum Gasteiger partial charge on any atom is -0.353 e. The lowest BCUT2D eigenvalue weighted by Crippen LogP contribution is -2.53. The fourth-order valence-corrected chi connectivity index (χ4v) is 2.73. The van der Waals surface area contributed by atoms with E-state index >= 15 is 0 Å². The average Bonchev–Trinajstić information content (AvgIpc) is 2.83. The number of amides is 3. The highest BCUT2D eigenvalue weighted by Gasteiger charge is 2.28.